The number of pyridine rings is 1. The Hall–Kier alpha value is -3.22. The number of hydrogen-bond acceptors (Lipinski definition) is 5. The number of anilines is 1. The summed E-state index contributed by atoms with van der Waals surface area (Å²) in [4.78, 5) is 21.3. The molecule has 0 saturated carbocycles. The number of nitrogens with one attached hydrogen (secondary N) is 1. The highest BCUT2D eigenvalue weighted by molar-refractivity contribution is 7.13. The standard InChI is InChI=1S/C23H18ClN3O2S/c24-17-7-9-19(10-8-17)29-13-11-22(28)26-18-5-3-4-16(14-18)21-15-30-23(27-21)20-6-1-2-12-25-20/h1-10,12,14-15H,11,13H2,(H,26,28). The average Bonchev–Trinajstić information content (AvgIpc) is 3.26. The van der Waals surface area contributed by atoms with E-state index in [1.165, 1.54) is 0 Å². The predicted molar refractivity (Wildman–Crippen MR) is 121 cm³/mol. The fourth-order valence-electron chi connectivity index (χ4n) is 2.79. The van der Waals surface area contributed by atoms with E-state index in [2.05, 4.69) is 15.3 Å². The topological polar surface area (TPSA) is 64.1 Å². The van der Waals surface area contributed by atoms with Gasteiger partial charge in [-0.05, 0) is 48.5 Å². The summed E-state index contributed by atoms with van der Waals surface area (Å²) in [7, 11) is 0. The maximum Gasteiger partial charge on any atom is 0.227 e. The van der Waals surface area contributed by atoms with Gasteiger partial charge in [-0.3, -0.25) is 9.78 Å². The Morgan fingerprint density at radius 3 is 2.70 bits per heavy atom. The highest BCUT2D eigenvalue weighted by Crippen LogP contribution is 2.29. The molecule has 0 saturated heterocycles. The van der Waals surface area contributed by atoms with E-state index in [-0.39, 0.29) is 18.9 Å². The summed E-state index contributed by atoms with van der Waals surface area (Å²) in [5.41, 5.74) is 3.35. The van der Waals surface area contributed by atoms with Gasteiger partial charge in [0.25, 0.3) is 0 Å². The van der Waals surface area contributed by atoms with Crippen molar-refractivity contribution in [3.63, 3.8) is 0 Å². The van der Waals surface area contributed by atoms with Crippen molar-refractivity contribution < 1.29 is 9.53 Å². The number of amides is 1. The van der Waals surface area contributed by atoms with Crippen molar-refractivity contribution in [3.8, 4) is 27.7 Å². The van der Waals surface area contributed by atoms with Gasteiger partial charge in [-0.15, -0.1) is 11.3 Å². The van der Waals surface area contributed by atoms with E-state index >= 15 is 0 Å². The molecule has 5 nitrogen and oxygen atoms in total. The van der Waals surface area contributed by atoms with Crippen molar-refractivity contribution in [3.05, 3.63) is 83.3 Å². The number of carbonyl (C=O) groups is 1. The average molecular weight is 436 g/mol. The van der Waals surface area contributed by atoms with E-state index in [1.54, 1.807) is 41.8 Å². The molecule has 0 aliphatic carbocycles. The summed E-state index contributed by atoms with van der Waals surface area (Å²) in [5.74, 6) is 0.565. The Morgan fingerprint density at radius 2 is 1.90 bits per heavy atom. The number of hydrogen-bond donors (Lipinski definition) is 1. The van der Waals surface area contributed by atoms with E-state index in [0.717, 1.165) is 27.6 Å². The Balaban J connectivity index is 1.36. The number of benzene rings is 2. The second-order valence-corrected chi connectivity index (χ2v) is 7.73. The zero-order valence-electron chi connectivity index (χ0n) is 15.9. The van der Waals surface area contributed by atoms with E-state index < -0.39 is 0 Å². The molecule has 1 N–H and O–H groups in total. The van der Waals surface area contributed by atoms with Crippen molar-refractivity contribution in [1.82, 2.24) is 9.97 Å². The smallest absolute Gasteiger partial charge is 0.227 e. The third-order valence-corrected chi connectivity index (χ3v) is 5.36. The van der Waals surface area contributed by atoms with Gasteiger partial charge in [-0.1, -0.05) is 29.8 Å². The second-order valence-electron chi connectivity index (χ2n) is 6.43. The molecule has 30 heavy (non-hydrogen) atoms. The van der Waals surface area contributed by atoms with Gasteiger partial charge in [0.05, 0.1) is 24.4 Å². The Kier molecular flexibility index (Phi) is 6.37. The Labute approximate surface area is 183 Å². The van der Waals surface area contributed by atoms with Crippen LogP contribution in [0.2, 0.25) is 5.02 Å². The molecule has 0 fully saturated rings. The molecule has 0 radical (unpaired) electrons. The van der Waals surface area contributed by atoms with Crippen LogP contribution in [0.1, 0.15) is 6.42 Å². The lowest BCUT2D eigenvalue weighted by molar-refractivity contribution is -0.116. The maximum atomic E-state index is 12.3. The third kappa shape index (κ3) is 5.23. The number of rotatable bonds is 7. The van der Waals surface area contributed by atoms with Crippen LogP contribution in [0.3, 0.4) is 0 Å². The van der Waals surface area contributed by atoms with Gasteiger partial charge in [0.1, 0.15) is 10.8 Å². The summed E-state index contributed by atoms with van der Waals surface area (Å²) in [6, 6.07) is 20.4. The number of thiazole rings is 1. The first-order chi connectivity index (χ1) is 14.7. The lowest BCUT2D eigenvalue weighted by atomic mass is 10.1. The van der Waals surface area contributed by atoms with Crippen LogP contribution in [-0.2, 0) is 4.79 Å². The fraction of sp³-hybridized carbons (Fsp3) is 0.0870. The van der Waals surface area contributed by atoms with Gasteiger partial charge in [-0.25, -0.2) is 4.98 Å². The quantitative estimate of drug-likeness (QED) is 0.390. The zero-order valence-corrected chi connectivity index (χ0v) is 17.5. The van der Waals surface area contributed by atoms with Gasteiger partial charge < -0.3 is 10.1 Å². The molecule has 0 unspecified atom stereocenters. The summed E-state index contributed by atoms with van der Waals surface area (Å²) in [5, 5.41) is 6.41. The molecule has 4 rings (SSSR count). The van der Waals surface area contributed by atoms with E-state index in [0.29, 0.717) is 10.8 Å². The summed E-state index contributed by atoms with van der Waals surface area (Å²) in [6.07, 6.45) is 2.00. The molecule has 0 spiro atoms. The van der Waals surface area contributed by atoms with Crippen molar-refractivity contribution in [2.45, 2.75) is 6.42 Å². The number of aromatic nitrogens is 2. The Bertz CT molecular complexity index is 1130. The second kappa shape index (κ2) is 9.52. The molecule has 4 aromatic rings. The van der Waals surface area contributed by atoms with Crippen LogP contribution in [0.5, 0.6) is 5.75 Å². The molecule has 0 aliphatic heterocycles. The predicted octanol–water partition coefficient (Wildman–Crippen LogP) is 5.93. The minimum absolute atomic E-state index is 0.117. The van der Waals surface area contributed by atoms with Gasteiger partial charge in [-0.2, -0.15) is 0 Å². The van der Waals surface area contributed by atoms with E-state index in [1.807, 2.05) is 47.8 Å². The van der Waals surface area contributed by atoms with Crippen LogP contribution in [0.25, 0.3) is 22.0 Å². The molecule has 0 atom stereocenters. The fourth-order valence-corrected chi connectivity index (χ4v) is 3.72. The van der Waals surface area contributed by atoms with Crippen LogP contribution >= 0.6 is 22.9 Å². The third-order valence-electron chi connectivity index (χ3n) is 4.24. The SMILES string of the molecule is O=C(CCOc1ccc(Cl)cc1)Nc1cccc(-c2csc(-c3ccccn3)n2)c1. The highest BCUT2D eigenvalue weighted by atomic mass is 35.5. The monoisotopic (exact) mass is 435 g/mol. The van der Waals surface area contributed by atoms with Gasteiger partial charge in [0.15, 0.2) is 0 Å². The molecular weight excluding hydrogens is 418 g/mol. The highest BCUT2D eigenvalue weighted by Gasteiger charge is 2.09. The normalized spacial score (nSPS) is 10.6. The van der Waals surface area contributed by atoms with Gasteiger partial charge >= 0.3 is 0 Å². The van der Waals surface area contributed by atoms with Crippen LogP contribution < -0.4 is 10.1 Å². The van der Waals surface area contributed by atoms with E-state index in [4.69, 9.17) is 16.3 Å². The zero-order chi connectivity index (χ0) is 20.8. The van der Waals surface area contributed by atoms with Crippen LogP contribution in [0.4, 0.5) is 5.69 Å². The number of nitrogens with zero attached hydrogens (tertiary/aromatic N) is 2. The molecule has 1 amide bonds. The number of carbonyl (C=O) groups excluding carboxylic acids is 1. The van der Waals surface area contributed by atoms with Crippen LogP contribution in [-0.4, -0.2) is 22.5 Å². The number of halogens is 1. The molecular formula is C23H18ClN3O2S. The van der Waals surface area contributed by atoms with Gasteiger partial charge in [0.2, 0.25) is 5.91 Å². The van der Waals surface area contributed by atoms with Crippen molar-refractivity contribution in [1.29, 1.82) is 0 Å². The molecule has 0 aliphatic rings. The van der Waals surface area contributed by atoms with Crippen LogP contribution in [0, 0.1) is 0 Å². The van der Waals surface area contributed by atoms with E-state index in [9.17, 15) is 4.79 Å². The molecule has 7 heteroatoms. The first-order valence-electron chi connectivity index (χ1n) is 9.33. The summed E-state index contributed by atoms with van der Waals surface area (Å²) < 4.78 is 5.57. The molecule has 2 aromatic carbocycles. The first kappa shape index (κ1) is 20.1. The van der Waals surface area contributed by atoms with Crippen molar-refractivity contribution >= 4 is 34.5 Å². The summed E-state index contributed by atoms with van der Waals surface area (Å²) in [6.45, 7) is 0.284. The maximum absolute atomic E-state index is 12.3. The van der Waals surface area contributed by atoms with Crippen molar-refractivity contribution in [2.75, 3.05) is 11.9 Å². The van der Waals surface area contributed by atoms with Crippen LogP contribution in [0.15, 0.2) is 78.3 Å². The van der Waals surface area contributed by atoms with Crippen molar-refractivity contribution in [2.24, 2.45) is 0 Å². The molecule has 150 valence electrons. The minimum Gasteiger partial charge on any atom is -0.493 e. The lowest BCUT2D eigenvalue weighted by Gasteiger charge is -2.08. The largest absolute Gasteiger partial charge is 0.493 e. The van der Waals surface area contributed by atoms with Gasteiger partial charge in [0, 0.05) is 27.9 Å². The first-order valence-corrected chi connectivity index (χ1v) is 10.6. The lowest BCUT2D eigenvalue weighted by Crippen LogP contribution is -2.15. The Morgan fingerprint density at radius 1 is 1.03 bits per heavy atom. The summed E-state index contributed by atoms with van der Waals surface area (Å²) >= 11 is 7.39. The molecule has 0 bridgehead atoms. The molecule has 2 aromatic heterocycles. The molecule has 2 heterocycles. The number of ether oxygens (including phenoxy) is 1. The minimum atomic E-state index is -0.117.